The van der Waals surface area contributed by atoms with Crippen LogP contribution in [-0.4, -0.2) is 0 Å². The second-order valence-corrected chi connectivity index (χ2v) is 7.02. The van der Waals surface area contributed by atoms with Gasteiger partial charge in [0, 0.05) is 26.7 Å². The minimum atomic E-state index is 0.869. The lowest BCUT2D eigenvalue weighted by atomic mass is 9.94. The zero-order valence-electron chi connectivity index (χ0n) is 15.7. The maximum Gasteiger partial charge on any atom is 0.142 e. The molecule has 2 heteroatoms. The summed E-state index contributed by atoms with van der Waals surface area (Å²) in [7, 11) is 0. The van der Waals surface area contributed by atoms with Crippen LogP contribution in [0, 0.1) is 0 Å². The van der Waals surface area contributed by atoms with E-state index in [1.807, 2.05) is 43.3 Å². The Labute approximate surface area is 169 Å². The van der Waals surface area contributed by atoms with Crippen molar-refractivity contribution in [3.63, 3.8) is 0 Å². The highest BCUT2D eigenvalue weighted by Gasteiger charge is 2.23. The van der Waals surface area contributed by atoms with E-state index in [1.165, 1.54) is 5.56 Å². The van der Waals surface area contributed by atoms with Crippen LogP contribution in [0.5, 0.6) is 0 Å². The van der Waals surface area contributed by atoms with E-state index in [2.05, 4.69) is 71.9 Å². The molecule has 0 saturated carbocycles. The van der Waals surface area contributed by atoms with Crippen LogP contribution in [0.4, 0.5) is 0 Å². The van der Waals surface area contributed by atoms with E-state index < -0.39 is 0 Å². The normalized spacial score (nSPS) is 12.3. The highest BCUT2D eigenvalue weighted by atomic mass is 79.9. The lowest BCUT2D eigenvalue weighted by molar-refractivity contribution is 0.565. The fourth-order valence-electron chi connectivity index (χ4n) is 3.26. The summed E-state index contributed by atoms with van der Waals surface area (Å²) >= 11 is 3.64. The van der Waals surface area contributed by atoms with Crippen LogP contribution in [0.25, 0.3) is 28.0 Å². The van der Waals surface area contributed by atoms with Crippen LogP contribution >= 0.6 is 15.9 Å². The van der Waals surface area contributed by atoms with Gasteiger partial charge in [-0.25, -0.2) is 0 Å². The summed E-state index contributed by atoms with van der Waals surface area (Å²) in [5.74, 6) is 1.79. The fourth-order valence-corrected chi connectivity index (χ4v) is 3.58. The fraction of sp³-hybridized carbons (Fsp3) is 0.120. The van der Waals surface area contributed by atoms with Gasteiger partial charge in [-0.2, -0.15) is 0 Å². The van der Waals surface area contributed by atoms with E-state index in [0.29, 0.717) is 0 Å². The Kier molecular flexibility index (Phi) is 6.31. The summed E-state index contributed by atoms with van der Waals surface area (Å²) in [5, 5.41) is 0. The molecule has 0 aliphatic rings. The molecule has 0 amide bonds. The largest absolute Gasteiger partial charge is 0.455 e. The van der Waals surface area contributed by atoms with Crippen molar-refractivity contribution in [2.45, 2.75) is 20.3 Å². The van der Waals surface area contributed by atoms with E-state index in [1.54, 1.807) is 0 Å². The Morgan fingerprint density at radius 2 is 1.59 bits per heavy atom. The Bertz CT molecular complexity index is 976. The first-order chi connectivity index (χ1) is 13.2. The topological polar surface area (TPSA) is 13.1 Å². The number of hydrogen-bond donors (Lipinski definition) is 0. The predicted octanol–water partition coefficient (Wildman–Crippen LogP) is 8.04. The molecule has 2 aromatic carbocycles. The quantitative estimate of drug-likeness (QED) is 0.369. The molecule has 3 rings (SSSR count). The predicted molar refractivity (Wildman–Crippen MR) is 120 cm³/mol. The van der Waals surface area contributed by atoms with Crippen molar-refractivity contribution >= 4 is 21.5 Å². The lowest BCUT2D eigenvalue weighted by Crippen LogP contribution is -1.90. The Balaban J connectivity index is 2.38. The van der Waals surface area contributed by atoms with Crippen molar-refractivity contribution in [1.82, 2.24) is 0 Å². The molecule has 0 unspecified atom stereocenters. The SMILES string of the molecule is C=C/C(Br)=C(\C=C/C)c1oc(-c2ccccc2)c(-c2ccccc2)c1CC. The third-order valence-electron chi connectivity index (χ3n) is 4.47. The molecule has 0 atom stereocenters. The molecule has 0 saturated heterocycles. The molecule has 0 N–H and O–H groups in total. The van der Waals surface area contributed by atoms with Crippen LogP contribution < -0.4 is 0 Å². The van der Waals surface area contributed by atoms with Gasteiger partial charge in [0.1, 0.15) is 11.5 Å². The average Bonchev–Trinajstić information content (AvgIpc) is 3.12. The molecule has 0 aliphatic carbocycles. The van der Waals surface area contributed by atoms with Gasteiger partial charge in [0.05, 0.1) is 0 Å². The maximum atomic E-state index is 6.53. The number of rotatable bonds is 6. The number of halogens is 1. The van der Waals surface area contributed by atoms with Gasteiger partial charge in [-0.05, 0) is 18.9 Å². The second kappa shape index (κ2) is 8.88. The molecule has 1 aromatic heterocycles. The Morgan fingerprint density at radius 1 is 1.00 bits per heavy atom. The summed E-state index contributed by atoms with van der Waals surface area (Å²) in [5.41, 5.74) is 5.60. The molecule has 1 nitrogen and oxygen atoms in total. The first-order valence-electron chi connectivity index (χ1n) is 9.13. The molecule has 0 aliphatic heterocycles. The minimum Gasteiger partial charge on any atom is -0.455 e. The molecule has 0 radical (unpaired) electrons. The van der Waals surface area contributed by atoms with Crippen molar-refractivity contribution in [3.05, 3.63) is 101 Å². The molecule has 136 valence electrons. The summed E-state index contributed by atoms with van der Waals surface area (Å²) in [6.45, 7) is 8.09. The summed E-state index contributed by atoms with van der Waals surface area (Å²) in [6, 6.07) is 20.8. The zero-order valence-corrected chi connectivity index (χ0v) is 17.3. The van der Waals surface area contributed by atoms with Gasteiger partial charge in [0.25, 0.3) is 0 Å². The summed E-state index contributed by atoms with van der Waals surface area (Å²) in [6.07, 6.45) is 6.76. The molecule has 3 aromatic rings. The van der Waals surface area contributed by atoms with Crippen molar-refractivity contribution in [1.29, 1.82) is 0 Å². The van der Waals surface area contributed by atoms with Gasteiger partial charge < -0.3 is 4.42 Å². The van der Waals surface area contributed by atoms with Crippen molar-refractivity contribution < 1.29 is 4.42 Å². The van der Waals surface area contributed by atoms with Gasteiger partial charge >= 0.3 is 0 Å². The molecular weight excluding hydrogens is 396 g/mol. The first-order valence-corrected chi connectivity index (χ1v) is 9.92. The minimum absolute atomic E-state index is 0.869. The van der Waals surface area contributed by atoms with Crippen molar-refractivity contribution in [2.75, 3.05) is 0 Å². The molecule has 1 heterocycles. The van der Waals surface area contributed by atoms with E-state index >= 15 is 0 Å². The van der Waals surface area contributed by atoms with E-state index in [9.17, 15) is 0 Å². The van der Waals surface area contributed by atoms with Crippen LogP contribution in [-0.2, 0) is 6.42 Å². The zero-order chi connectivity index (χ0) is 19.2. The number of allylic oxidation sites excluding steroid dienone is 5. The monoisotopic (exact) mass is 418 g/mol. The van der Waals surface area contributed by atoms with Gasteiger partial charge in [-0.1, -0.05) is 108 Å². The number of hydrogen-bond acceptors (Lipinski definition) is 1. The molecule has 0 fully saturated rings. The van der Waals surface area contributed by atoms with Crippen molar-refractivity contribution in [2.24, 2.45) is 0 Å². The molecule has 0 bridgehead atoms. The molecule has 27 heavy (non-hydrogen) atoms. The summed E-state index contributed by atoms with van der Waals surface area (Å²) < 4.78 is 7.45. The Morgan fingerprint density at radius 3 is 2.11 bits per heavy atom. The van der Waals surface area contributed by atoms with Gasteiger partial charge in [0.2, 0.25) is 0 Å². The third kappa shape index (κ3) is 3.91. The molecule has 0 spiro atoms. The summed E-state index contributed by atoms with van der Waals surface area (Å²) in [4.78, 5) is 0. The third-order valence-corrected chi connectivity index (χ3v) is 5.22. The van der Waals surface area contributed by atoms with Gasteiger partial charge in [-0.3, -0.25) is 0 Å². The van der Waals surface area contributed by atoms with Gasteiger partial charge in [0.15, 0.2) is 0 Å². The molecular formula is C25H23BrO. The first kappa shape index (κ1) is 19.2. The highest BCUT2D eigenvalue weighted by molar-refractivity contribution is 9.12. The standard InChI is InChI=1S/C25H23BrO/c1-4-13-21(22(26)6-3)25-20(5-2)23(18-14-9-7-10-15-18)24(27-25)19-16-11-8-12-17-19/h4,6-17H,3,5H2,1-2H3/b13-4-,22-21-. The lowest BCUT2D eigenvalue weighted by Gasteiger charge is -2.07. The van der Waals surface area contributed by atoms with Crippen LogP contribution in [0.2, 0.25) is 0 Å². The maximum absolute atomic E-state index is 6.53. The second-order valence-electron chi connectivity index (χ2n) is 6.17. The highest BCUT2D eigenvalue weighted by Crippen LogP contribution is 2.43. The number of benzene rings is 2. The Hall–Kier alpha value is -2.58. The van der Waals surface area contributed by atoms with Crippen molar-refractivity contribution in [3.8, 4) is 22.5 Å². The van der Waals surface area contributed by atoms with E-state index in [0.717, 1.165) is 44.7 Å². The van der Waals surface area contributed by atoms with E-state index in [-0.39, 0.29) is 0 Å². The number of furan rings is 1. The van der Waals surface area contributed by atoms with Gasteiger partial charge in [-0.15, -0.1) is 0 Å². The van der Waals surface area contributed by atoms with Crippen LogP contribution in [0.15, 0.2) is 94.4 Å². The van der Waals surface area contributed by atoms with Crippen LogP contribution in [0.1, 0.15) is 25.2 Å². The van der Waals surface area contributed by atoms with Crippen LogP contribution in [0.3, 0.4) is 0 Å². The van der Waals surface area contributed by atoms with E-state index in [4.69, 9.17) is 4.42 Å². The average molecular weight is 419 g/mol. The smallest absolute Gasteiger partial charge is 0.142 e.